The van der Waals surface area contributed by atoms with E-state index in [0.717, 1.165) is 25.9 Å². The van der Waals surface area contributed by atoms with Crippen molar-refractivity contribution in [2.24, 2.45) is 5.92 Å². The van der Waals surface area contributed by atoms with Gasteiger partial charge in [-0.05, 0) is 43.0 Å². The van der Waals surface area contributed by atoms with Crippen LogP contribution in [0.1, 0.15) is 32.3 Å². The summed E-state index contributed by atoms with van der Waals surface area (Å²) in [6.45, 7) is 6.30. The van der Waals surface area contributed by atoms with E-state index in [2.05, 4.69) is 11.0 Å². The van der Waals surface area contributed by atoms with Crippen LogP contribution in [0.4, 0.5) is 5.69 Å². The quantitative estimate of drug-likeness (QED) is 0.873. The number of nitriles is 1. The first-order chi connectivity index (χ1) is 8.83. The van der Waals surface area contributed by atoms with Gasteiger partial charge in [0.25, 0.3) is 0 Å². The van der Waals surface area contributed by atoms with Gasteiger partial charge in [-0.3, -0.25) is 0 Å². The van der Waals surface area contributed by atoms with Gasteiger partial charge >= 0.3 is 0 Å². The zero-order chi connectivity index (χ0) is 13.4. The van der Waals surface area contributed by atoms with Crippen molar-refractivity contribution in [2.45, 2.75) is 26.7 Å². The molecule has 0 saturated carbocycles. The van der Waals surface area contributed by atoms with Crippen LogP contribution in [0, 0.1) is 17.2 Å². The van der Waals surface area contributed by atoms with E-state index in [1.54, 1.807) is 0 Å². The molecule has 1 N–H and O–H groups in total. The maximum atomic E-state index is 9.06. The van der Waals surface area contributed by atoms with Gasteiger partial charge in [-0.1, -0.05) is 13.8 Å². The molecule has 18 heavy (non-hydrogen) atoms. The Morgan fingerprint density at radius 1 is 1.22 bits per heavy atom. The molecular weight excluding hydrogens is 224 g/mol. The Labute approximate surface area is 110 Å². The highest BCUT2D eigenvalue weighted by molar-refractivity contribution is 5.49. The summed E-state index contributed by atoms with van der Waals surface area (Å²) in [5.74, 6) is 0.467. The molecule has 0 atom stereocenters. The Hall–Kier alpha value is -1.53. The van der Waals surface area contributed by atoms with Gasteiger partial charge in [0.1, 0.15) is 0 Å². The lowest BCUT2D eigenvalue weighted by Gasteiger charge is -2.32. The fraction of sp³-hybridized carbons (Fsp3) is 0.533. The third kappa shape index (κ3) is 3.75. The molecule has 0 aliphatic carbocycles. The average molecular weight is 246 g/mol. The monoisotopic (exact) mass is 246 g/mol. The summed E-state index contributed by atoms with van der Waals surface area (Å²) in [4.78, 5) is 2.31. The van der Waals surface area contributed by atoms with Crippen LogP contribution in [-0.4, -0.2) is 24.8 Å². The maximum Gasteiger partial charge on any atom is 0.0991 e. The standard InChI is InChI=1S/C13H16N2O.C2H6/c14-9-11-1-3-13(4-2-11)15-7-5-12(10-16)6-8-15;1-2/h1-4,12,16H,5-8,10H2;1-2H3. The molecule has 1 fully saturated rings. The van der Waals surface area contributed by atoms with Gasteiger partial charge in [0, 0.05) is 25.4 Å². The zero-order valence-electron chi connectivity index (χ0n) is 11.3. The molecule has 0 bridgehead atoms. The predicted octanol–water partition coefficient (Wildman–Crippen LogP) is 2.79. The van der Waals surface area contributed by atoms with Crippen LogP contribution in [0.25, 0.3) is 0 Å². The first kappa shape index (κ1) is 14.5. The van der Waals surface area contributed by atoms with Crippen molar-refractivity contribution in [1.29, 1.82) is 5.26 Å². The van der Waals surface area contributed by atoms with E-state index in [4.69, 9.17) is 10.4 Å². The molecule has 1 heterocycles. The minimum absolute atomic E-state index is 0.307. The first-order valence-corrected chi connectivity index (χ1v) is 6.69. The summed E-state index contributed by atoms with van der Waals surface area (Å²) in [6.07, 6.45) is 2.10. The number of aliphatic hydroxyl groups is 1. The predicted molar refractivity (Wildman–Crippen MR) is 74.5 cm³/mol. The van der Waals surface area contributed by atoms with Gasteiger partial charge in [-0.15, -0.1) is 0 Å². The van der Waals surface area contributed by atoms with E-state index >= 15 is 0 Å². The Morgan fingerprint density at radius 2 is 1.78 bits per heavy atom. The van der Waals surface area contributed by atoms with E-state index in [9.17, 15) is 0 Å². The number of hydrogen-bond donors (Lipinski definition) is 1. The van der Waals surface area contributed by atoms with Crippen molar-refractivity contribution < 1.29 is 5.11 Å². The molecule has 0 radical (unpaired) electrons. The molecule has 1 aromatic rings. The summed E-state index contributed by atoms with van der Waals surface area (Å²) in [6, 6.07) is 9.83. The zero-order valence-corrected chi connectivity index (χ0v) is 11.3. The number of aliphatic hydroxyl groups excluding tert-OH is 1. The van der Waals surface area contributed by atoms with E-state index in [1.807, 2.05) is 38.1 Å². The lowest BCUT2D eigenvalue weighted by Crippen LogP contribution is -2.34. The van der Waals surface area contributed by atoms with Crippen molar-refractivity contribution >= 4 is 5.69 Å². The van der Waals surface area contributed by atoms with Gasteiger partial charge in [0.2, 0.25) is 0 Å². The molecule has 1 aromatic carbocycles. The third-order valence-electron chi connectivity index (χ3n) is 3.23. The van der Waals surface area contributed by atoms with Crippen molar-refractivity contribution in [1.82, 2.24) is 0 Å². The number of nitrogens with zero attached hydrogens (tertiary/aromatic N) is 2. The number of hydrogen-bond acceptors (Lipinski definition) is 3. The SMILES string of the molecule is CC.N#Cc1ccc(N2CCC(CO)CC2)cc1. The molecule has 98 valence electrons. The molecule has 3 nitrogen and oxygen atoms in total. The van der Waals surface area contributed by atoms with Crippen molar-refractivity contribution in [3.8, 4) is 6.07 Å². The third-order valence-corrected chi connectivity index (χ3v) is 3.23. The summed E-state index contributed by atoms with van der Waals surface area (Å²) < 4.78 is 0. The van der Waals surface area contributed by atoms with Crippen LogP contribution in [-0.2, 0) is 0 Å². The molecule has 1 aliphatic heterocycles. The van der Waals surface area contributed by atoms with Gasteiger partial charge in [-0.25, -0.2) is 0 Å². The fourth-order valence-electron chi connectivity index (χ4n) is 2.12. The van der Waals surface area contributed by atoms with E-state index in [0.29, 0.717) is 18.1 Å². The van der Waals surface area contributed by atoms with Crippen molar-refractivity contribution in [3.63, 3.8) is 0 Å². The Morgan fingerprint density at radius 3 is 2.22 bits per heavy atom. The highest BCUT2D eigenvalue weighted by Gasteiger charge is 2.18. The smallest absolute Gasteiger partial charge is 0.0991 e. The molecule has 0 amide bonds. The minimum atomic E-state index is 0.307. The molecule has 0 aromatic heterocycles. The molecule has 0 unspecified atom stereocenters. The molecule has 2 rings (SSSR count). The number of benzene rings is 1. The van der Waals surface area contributed by atoms with Crippen LogP contribution in [0.2, 0.25) is 0 Å². The molecule has 1 aliphatic rings. The van der Waals surface area contributed by atoms with E-state index in [-0.39, 0.29) is 0 Å². The Balaban J connectivity index is 0.000000771. The van der Waals surface area contributed by atoms with E-state index in [1.165, 1.54) is 5.69 Å². The molecule has 0 spiro atoms. The van der Waals surface area contributed by atoms with Crippen LogP contribution < -0.4 is 4.90 Å². The normalized spacial score (nSPS) is 15.6. The van der Waals surface area contributed by atoms with Gasteiger partial charge in [0.05, 0.1) is 11.6 Å². The van der Waals surface area contributed by atoms with Gasteiger partial charge in [0.15, 0.2) is 0 Å². The van der Waals surface area contributed by atoms with Crippen molar-refractivity contribution in [2.75, 3.05) is 24.6 Å². The summed E-state index contributed by atoms with van der Waals surface area (Å²) in [5, 5.41) is 17.8. The fourth-order valence-corrected chi connectivity index (χ4v) is 2.12. The lowest BCUT2D eigenvalue weighted by molar-refractivity contribution is 0.203. The van der Waals surface area contributed by atoms with Crippen LogP contribution in [0.3, 0.4) is 0 Å². The van der Waals surface area contributed by atoms with Crippen LogP contribution in [0.5, 0.6) is 0 Å². The lowest BCUT2D eigenvalue weighted by atomic mass is 9.97. The molecule has 3 heteroatoms. The largest absolute Gasteiger partial charge is 0.396 e. The summed E-state index contributed by atoms with van der Waals surface area (Å²) in [5.41, 5.74) is 1.88. The van der Waals surface area contributed by atoms with Crippen molar-refractivity contribution in [3.05, 3.63) is 29.8 Å². The van der Waals surface area contributed by atoms with E-state index < -0.39 is 0 Å². The molecular formula is C15H22N2O. The second-order valence-corrected chi connectivity index (χ2v) is 4.27. The van der Waals surface area contributed by atoms with Crippen LogP contribution >= 0.6 is 0 Å². The number of piperidine rings is 1. The maximum absolute atomic E-state index is 9.06. The van der Waals surface area contributed by atoms with Gasteiger partial charge < -0.3 is 10.0 Å². The minimum Gasteiger partial charge on any atom is -0.396 e. The second-order valence-electron chi connectivity index (χ2n) is 4.27. The number of rotatable bonds is 2. The first-order valence-electron chi connectivity index (χ1n) is 6.69. The highest BCUT2D eigenvalue weighted by atomic mass is 16.3. The Bertz CT molecular complexity index is 372. The Kier molecular flexibility index (Phi) is 6.24. The van der Waals surface area contributed by atoms with Gasteiger partial charge in [-0.2, -0.15) is 5.26 Å². The number of anilines is 1. The summed E-state index contributed by atoms with van der Waals surface area (Å²) >= 11 is 0. The average Bonchev–Trinajstić information content (AvgIpc) is 2.49. The van der Waals surface area contributed by atoms with Crippen LogP contribution in [0.15, 0.2) is 24.3 Å². The molecule has 1 saturated heterocycles. The second kappa shape index (κ2) is 7.73. The topological polar surface area (TPSA) is 47.3 Å². The summed E-state index contributed by atoms with van der Waals surface area (Å²) in [7, 11) is 0. The highest BCUT2D eigenvalue weighted by Crippen LogP contribution is 2.23.